The number of fused-ring (bicyclic) bond motifs is 3. The highest BCUT2D eigenvalue weighted by Gasteiger charge is 2.88. The summed E-state index contributed by atoms with van der Waals surface area (Å²) in [6, 6.07) is 0. The highest BCUT2D eigenvalue weighted by atomic mass is 14.9. The summed E-state index contributed by atoms with van der Waals surface area (Å²) in [4.78, 5) is 0. The van der Waals surface area contributed by atoms with E-state index in [1.807, 2.05) is 0 Å². The predicted octanol–water partition coefficient (Wildman–Crippen LogP) is 5.09. The van der Waals surface area contributed by atoms with Crippen molar-refractivity contribution in [2.75, 3.05) is 0 Å². The molecule has 6 bridgehead atoms. The van der Waals surface area contributed by atoms with Gasteiger partial charge in [-0.25, -0.2) is 0 Å². The molecular formula is C24H32. The third-order valence-electron chi connectivity index (χ3n) is 12.8. The molecular weight excluding hydrogens is 288 g/mol. The monoisotopic (exact) mass is 320 g/mol. The van der Waals surface area contributed by atoms with Gasteiger partial charge in [-0.1, -0.05) is 25.7 Å². The van der Waals surface area contributed by atoms with Crippen LogP contribution in [-0.2, 0) is 0 Å². The maximum Gasteiger partial charge on any atom is -0.0312 e. The second kappa shape index (κ2) is 3.55. The molecule has 0 aromatic carbocycles. The molecule has 10 fully saturated rings. The Kier molecular flexibility index (Phi) is 1.83. The van der Waals surface area contributed by atoms with Gasteiger partial charge in [0.2, 0.25) is 0 Å². The quantitative estimate of drug-likeness (QED) is 0.583. The summed E-state index contributed by atoms with van der Waals surface area (Å²) in [6.45, 7) is 0. The first-order valence-electron chi connectivity index (χ1n) is 11.9. The van der Waals surface area contributed by atoms with Crippen LogP contribution in [0.2, 0.25) is 0 Å². The fraction of sp³-hybridized carbons (Fsp3) is 1.00. The van der Waals surface area contributed by atoms with Gasteiger partial charge in [0.05, 0.1) is 0 Å². The molecule has 0 radical (unpaired) electrons. The van der Waals surface area contributed by atoms with E-state index in [1.54, 1.807) is 51.4 Å². The maximum absolute atomic E-state index is 1.68. The van der Waals surface area contributed by atoms with Crippen molar-refractivity contribution in [1.29, 1.82) is 0 Å². The van der Waals surface area contributed by atoms with Crippen LogP contribution in [0, 0.1) is 94.7 Å². The summed E-state index contributed by atoms with van der Waals surface area (Å²) in [5.74, 6) is 20.2. The average Bonchev–Trinajstić information content (AvgIpc) is 3.06. The van der Waals surface area contributed by atoms with Crippen LogP contribution in [0.5, 0.6) is 0 Å². The third-order valence-corrected chi connectivity index (χ3v) is 12.8. The van der Waals surface area contributed by atoms with E-state index >= 15 is 0 Å². The van der Waals surface area contributed by atoms with Gasteiger partial charge in [0, 0.05) is 0 Å². The second-order valence-corrected chi connectivity index (χ2v) is 12.4. The van der Waals surface area contributed by atoms with Crippen LogP contribution in [-0.4, -0.2) is 0 Å². The first-order chi connectivity index (χ1) is 11.9. The van der Waals surface area contributed by atoms with E-state index in [4.69, 9.17) is 0 Å². The van der Waals surface area contributed by atoms with E-state index < -0.39 is 0 Å². The lowest BCUT2D eigenvalue weighted by atomic mass is 9.13. The first kappa shape index (κ1) is 12.4. The normalized spacial score (nSPS) is 80.0. The topological polar surface area (TPSA) is 0 Å². The van der Waals surface area contributed by atoms with Gasteiger partial charge in [-0.05, 0) is 120 Å². The first-order valence-corrected chi connectivity index (χ1v) is 11.9. The molecule has 128 valence electrons. The van der Waals surface area contributed by atoms with E-state index in [1.165, 1.54) is 94.7 Å². The zero-order valence-electron chi connectivity index (χ0n) is 14.9. The van der Waals surface area contributed by atoms with Gasteiger partial charge in [-0.2, -0.15) is 0 Å². The molecule has 10 aliphatic rings. The van der Waals surface area contributed by atoms with Crippen molar-refractivity contribution >= 4 is 0 Å². The van der Waals surface area contributed by atoms with Crippen LogP contribution in [0.1, 0.15) is 51.4 Å². The minimum absolute atomic E-state index is 1.17. The molecule has 0 N–H and O–H groups in total. The van der Waals surface area contributed by atoms with E-state index in [-0.39, 0.29) is 0 Å². The Labute approximate surface area is 146 Å². The third kappa shape index (κ3) is 0.990. The molecule has 0 aliphatic heterocycles. The van der Waals surface area contributed by atoms with Gasteiger partial charge in [0.1, 0.15) is 0 Å². The Balaban J connectivity index is 1.11. The molecule has 0 amide bonds. The van der Waals surface area contributed by atoms with Crippen molar-refractivity contribution in [3.63, 3.8) is 0 Å². The average molecular weight is 321 g/mol. The summed E-state index contributed by atoms with van der Waals surface area (Å²) in [6.07, 6.45) is 13.1. The summed E-state index contributed by atoms with van der Waals surface area (Å²) in [5, 5.41) is 0. The molecule has 0 heteroatoms. The van der Waals surface area contributed by atoms with E-state index in [0.29, 0.717) is 0 Å². The van der Waals surface area contributed by atoms with Crippen molar-refractivity contribution in [3.8, 4) is 0 Å². The standard InChI is InChI=1S/C24H32/c1-2-4-10-7-13-14(8-10)18-17(13)21-22(18)24-20-16-12-6-9(3-1)5-11(12)15(16)19(20)23(21)24/h9-24H,1-8H2. The summed E-state index contributed by atoms with van der Waals surface area (Å²) >= 11 is 0. The lowest BCUT2D eigenvalue weighted by Gasteiger charge is -2.91. The van der Waals surface area contributed by atoms with Crippen LogP contribution < -0.4 is 0 Å². The molecule has 10 saturated carbocycles. The molecule has 10 aliphatic carbocycles. The summed E-state index contributed by atoms with van der Waals surface area (Å²) in [5.41, 5.74) is 0. The van der Waals surface area contributed by atoms with Crippen molar-refractivity contribution in [1.82, 2.24) is 0 Å². The molecule has 0 aromatic rings. The summed E-state index contributed by atoms with van der Waals surface area (Å²) < 4.78 is 0. The van der Waals surface area contributed by atoms with E-state index in [2.05, 4.69) is 0 Å². The highest BCUT2D eigenvalue weighted by molar-refractivity contribution is 5.34. The molecule has 12 unspecified atom stereocenters. The molecule has 0 aromatic heterocycles. The Morgan fingerprint density at radius 2 is 0.625 bits per heavy atom. The lowest BCUT2D eigenvalue weighted by molar-refractivity contribution is -0.444. The van der Waals surface area contributed by atoms with Gasteiger partial charge >= 0.3 is 0 Å². The van der Waals surface area contributed by atoms with Crippen LogP contribution >= 0.6 is 0 Å². The second-order valence-electron chi connectivity index (χ2n) is 12.4. The molecule has 0 nitrogen and oxygen atoms in total. The van der Waals surface area contributed by atoms with E-state index in [0.717, 1.165) is 0 Å². The molecule has 0 spiro atoms. The van der Waals surface area contributed by atoms with Gasteiger partial charge in [0.15, 0.2) is 0 Å². The number of hydrogen-bond acceptors (Lipinski definition) is 0. The fourth-order valence-corrected chi connectivity index (χ4v) is 12.6. The lowest BCUT2D eigenvalue weighted by Crippen LogP contribution is -2.88. The Bertz CT molecular complexity index is 546. The Morgan fingerprint density at radius 3 is 0.958 bits per heavy atom. The zero-order valence-corrected chi connectivity index (χ0v) is 14.9. The van der Waals surface area contributed by atoms with Crippen LogP contribution in [0.4, 0.5) is 0 Å². The van der Waals surface area contributed by atoms with Crippen molar-refractivity contribution < 1.29 is 0 Å². The predicted molar refractivity (Wildman–Crippen MR) is 92.8 cm³/mol. The SMILES string of the molecule is C1CCC2CC3C(C2)C2C3C3C2C2C4C5C6CC(C1)CC6C5C4C32. The minimum Gasteiger partial charge on any atom is -0.0530 e. The van der Waals surface area contributed by atoms with Crippen LogP contribution in [0.25, 0.3) is 0 Å². The van der Waals surface area contributed by atoms with Crippen molar-refractivity contribution in [2.24, 2.45) is 94.7 Å². The maximum atomic E-state index is 1.68. The van der Waals surface area contributed by atoms with Gasteiger partial charge in [0.25, 0.3) is 0 Å². The van der Waals surface area contributed by atoms with Gasteiger partial charge < -0.3 is 0 Å². The highest BCUT2D eigenvalue weighted by Crippen LogP contribution is 2.91. The molecule has 12 atom stereocenters. The van der Waals surface area contributed by atoms with E-state index in [9.17, 15) is 0 Å². The molecule has 10 rings (SSSR count). The Morgan fingerprint density at radius 1 is 0.333 bits per heavy atom. The van der Waals surface area contributed by atoms with Gasteiger partial charge in [-0.15, -0.1) is 0 Å². The Hall–Kier alpha value is 0. The summed E-state index contributed by atoms with van der Waals surface area (Å²) in [7, 11) is 0. The largest absolute Gasteiger partial charge is 0.0530 e. The van der Waals surface area contributed by atoms with Gasteiger partial charge in [-0.3, -0.25) is 0 Å². The molecule has 24 heavy (non-hydrogen) atoms. The number of hydrogen-bond donors (Lipinski definition) is 0. The fourth-order valence-electron chi connectivity index (χ4n) is 12.6. The zero-order chi connectivity index (χ0) is 14.9. The van der Waals surface area contributed by atoms with Crippen LogP contribution in [0.3, 0.4) is 0 Å². The molecule has 0 saturated heterocycles. The van der Waals surface area contributed by atoms with Crippen molar-refractivity contribution in [2.45, 2.75) is 51.4 Å². The minimum atomic E-state index is 1.17. The van der Waals surface area contributed by atoms with Crippen molar-refractivity contribution in [3.05, 3.63) is 0 Å². The molecule has 0 heterocycles. The number of rotatable bonds is 0. The van der Waals surface area contributed by atoms with Crippen LogP contribution in [0.15, 0.2) is 0 Å². The smallest absolute Gasteiger partial charge is 0.0312 e.